The summed E-state index contributed by atoms with van der Waals surface area (Å²) in [6.07, 6.45) is 0. The Hall–Kier alpha value is -0.950. The predicted molar refractivity (Wildman–Crippen MR) is 74.3 cm³/mol. The molecule has 0 bridgehead atoms. The summed E-state index contributed by atoms with van der Waals surface area (Å²) in [4.78, 5) is 26.7. The maximum absolute atomic E-state index is 12.4. The number of carbonyl (C=O) groups is 2. The maximum Gasteiger partial charge on any atom is 0.327 e. The van der Waals surface area contributed by atoms with Gasteiger partial charge in [0.15, 0.2) is 0 Å². The SMILES string of the molecule is COCCN(CC(C)C)C(=O)N1CSCC1C(=O)O. The lowest BCUT2D eigenvalue weighted by molar-refractivity contribution is -0.140. The molecule has 0 aromatic heterocycles. The molecule has 1 N–H and O–H groups in total. The largest absolute Gasteiger partial charge is 0.480 e. The van der Waals surface area contributed by atoms with Gasteiger partial charge in [0.1, 0.15) is 6.04 Å². The molecule has 1 fully saturated rings. The maximum atomic E-state index is 12.4. The first-order valence-corrected chi connectivity index (χ1v) is 7.47. The minimum atomic E-state index is -0.936. The van der Waals surface area contributed by atoms with Gasteiger partial charge in [0.05, 0.1) is 12.5 Å². The van der Waals surface area contributed by atoms with Crippen LogP contribution in [0.15, 0.2) is 0 Å². The quantitative estimate of drug-likeness (QED) is 0.795. The molecule has 1 aliphatic heterocycles. The number of nitrogens with zero attached hydrogens (tertiary/aromatic N) is 2. The molecular formula is C12H22N2O4S. The van der Waals surface area contributed by atoms with Gasteiger partial charge in [0, 0.05) is 26.0 Å². The number of aliphatic carboxylic acids is 1. The molecule has 2 amide bonds. The number of thioether (sulfide) groups is 1. The summed E-state index contributed by atoms with van der Waals surface area (Å²) in [5.41, 5.74) is 0. The summed E-state index contributed by atoms with van der Waals surface area (Å²) in [7, 11) is 1.59. The number of urea groups is 1. The Balaban J connectivity index is 2.71. The van der Waals surface area contributed by atoms with Crippen molar-refractivity contribution in [2.75, 3.05) is 38.4 Å². The fourth-order valence-corrected chi connectivity index (χ4v) is 3.06. The lowest BCUT2D eigenvalue weighted by Gasteiger charge is -2.30. The standard InChI is InChI=1S/C12H22N2O4S/c1-9(2)6-13(4-5-18-3)12(17)14-8-19-7-10(14)11(15)16/h9-10H,4-8H2,1-3H3,(H,15,16). The molecule has 1 saturated heterocycles. The fourth-order valence-electron chi connectivity index (χ4n) is 1.92. The van der Waals surface area contributed by atoms with Crippen LogP contribution in [0, 0.1) is 5.92 Å². The van der Waals surface area contributed by atoms with Gasteiger partial charge in [-0.1, -0.05) is 13.8 Å². The second-order valence-corrected chi connectivity index (χ2v) is 5.94. The molecule has 1 heterocycles. The van der Waals surface area contributed by atoms with Crippen molar-refractivity contribution < 1.29 is 19.4 Å². The van der Waals surface area contributed by atoms with Crippen molar-refractivity contribution in [1.82, 2.24) is 9.80 Å². The third kappa shape index (κ3) is 4.58. The summed E-state index contributed by atoms with van der Waals surface area (Å²) in [6, 6.07) is -0.919. The van der Waals surface area contributed by atoms with Crippen molar-refractivity contribution in [1.29, 1.82) is 0 Å². The lowest BCUT2D eigenvalue weighted by Crippen LogP contribution is -2.50. The van der Waals surface area contributed by atoms with Gasteiger partial charge in [-0.05, 0) is 5.92 Å². The molecule has 1 unspecified atom stereocenters. The third-order valence-corrected chi connectivity index (χ3v) is 3.85. The highest BCUT2D eigenvalue weighted by molar-refractivity contribution is 7.99. The number of carbonyl (C=O) groups excluding carboxylic acids is 1. The van der Waals surface area contributed by atoms with Crippen LogP contribution in [0.4, 0.5) is 4.79 Å². The van der Waals surface area contributed by atoms with E-state index >= 15 is 0 Å². The Morgan fingerprint density at radius 2 is 2.21 bits per heavy atom. The average Bonchev–Trinajstić information content (AvgIpc) is 2.82. The molecule has 1 aliphatic rings. The third-order valence-electron chi connectivity index (χ3n) is 2.83. The first kappa shape index (κ1) is 16.1. The number of rotatable bonds is 6. The van der Waals surface area contributed by atoms with Crippen LogP contribution in [0.5, 0.6) is 0 Å². The molecule has 19 heavy (non-hydrogen) atoms. The zero-order valence-corrected chi connectivity index (χ0v) is 12.5. The predicted octanol–water partition coefficient (Wildman–Crippen LogP) is 1.17. The van der Waals surface area contributed by atoms with Gasteiger partial charge in [-0.2, -0.15) is 0 Å². The van der Waals surface area contributed by atoms with Crippen LogP contribution < -0.4 is 0 Å². The van der Waals surface area contributed by atoms with E-state index in [4.69, 9.17) is 9.84 Å². The van der Waals surface area contributed by atoms with E-state index in [9.17, 15) is 9.59 Å². The zero-order valence-electron chi connectivity index (χ0n) is 11.7. The molecule has 110 valence electrons. The van der Waals surface area contributed by atoms with E-state index < -0.39 is 12.0 Å². The second-order valence-electron chi connectivity index (χ2n) is 4.94. The summed E-state index contributed by atoms with van der Waals surface area (Å²) < 4.78 is 5.01. The molecule has 6 nitrogen and oxygen atoms in total. The minimum absolute atomic E-state index is 0.205. The van der Waals surface area contributed by atoms with E-state index in [1.165, 1.54) is 16.7 Å². The lowest BCUT2D eigenvalue weighted by atomic mass is 10.2. The number of carboxylic acids is 1. The van der Waals surface area contributed by atoms with Crippen molar-refractivity contribution in [3.63, 3.8) is 0 Å². The van der Waals surface area contributed by atoms with Crippen LogP contribution in [-0.4, -0.2) is 71.4 Å². The molecule has 1 atom stereocenters. The molecule has 0 aromatic rings. The van der Waals surface area contributed by atoms with Gasteiger partial charge in [-0.25, -0.2) is 9.59 Å². The van der Waals surface area contributed by atoms with Crippen molar-refractivity contribution >= 4 is 23.8 Å². The van der Waals surface area contributed by atoms with E-state index in [2.05, 4.69) is 0 Å². The van der Waals surface area contributed by atoms with Crippen LogP contribution >= 0.6 is 11.8 Å². The van der Waals surface area contributed by atoms with Crippen molar-refractivity contribution in [3.8, 4) is 0 Å². The Labute approximate surface area is 118 Å². The first-order valence-electron chi connectivity index (χ1n) is 6.32. The highest BCUT2D eigenvalue weighted by atomic mass is 32.2. The monoisotopic (exact) mass is 290 g/mol. The number of hydrogen-bond donors (Lipinski definition) is 1. The molecule has 0 radical (unpaired) electrons. The Morgan fingerprint density at radius 3 is 2.74 bits per heavy atom. The summed E-state index contributed by atoms with van der Waals surface area (Å²) in [5, 5.41) is 9.12. The van der Waals surface area contributed by atoms with Crippen LogP contribution in [0.3, 0.4) is 0 Å². The highest BCUT2D eigenvalue weighted by Crippen LogP contribution is 2.22. The van der Waals surface area contributed by atoms with Crippen LogP contribution in [0.25, 0.3) is 0 Å². The Bertz CT molecular complexity index is 325. The van der Waals surface area contributed by atoms with Gasteiger partial charge < -0.3 is 19.6 Å². The van der Waals surface area contributed by atoms with E-state index in [0.717, 1.165) is 0 Å². The van der Waals surface area contributed by atoms with Gasteiger partial charge in [-0.3, -0.25) is 0 Å². The number of methoxy groups -OCH3 is 1. The normalized spacial score (nSPS) is 18.9. The minimum Gasteiger partial charge on any atom is -0.480 e. The molecule has 0 spiro atoms. The van der Waals surface area contributed by atoms with Crippen molar-refractivity contribution in [2.24, 2.45) is 5.92 Å². The molecular weight excluding hydrogens is 268 g/mol. The molecule has 0 aliphatic carbocycles. The van der Waals surface area contributed by atoms with Crippen molar-refractivity contribution in [2.45, 2.75) is 19.9 Å². The van der Waals surface area contributed by atoms with E-state index in [1.54, 1.807) is 12.0 Å². The molecule has 7 heteroatoms. The zero-order chi connectivity index (χ0) is 14.4. The van der Waals surface area contributed by atoms with Crippen LogP contribution in [0.2, 0.25) is 0 Å². The van der Waals surface area contributed by atoms with Gasteiger partial charge >= 0.3 is 12.0 Å². The van der Waals surface area contributed by atoms with Crippen LogP contribution in [-0.2, 0) is 9.53 Å². The molecule has 0 aromatic carbocycles. The summed E-state index contributed by atoms with van der Waals surface area (Å²) >= 11 is 1.47. The highest BCUT2D eigenvalue weighted by Gasteiger charge is 2.36. The fraction of sp³-hybridized carbons (Fsp3) is 0.833. The number of amides is 2. The van der Waals surface area contributed by atoms with E-state index in [0.29, 0.717) is 37.2 Å². The number of ether oxygens (including phenoxy) is 1. The van der Waals surface area contributed by atoms with Gasteiger partial charge in [-0.15, -0.1) is 11.8 Å². The smallest absolute Gasteiger partial charge is 0.327 e. The summed E-state index contributed by atoms with van der Waals surface area (Å²) in [6.45, 7) is 5.61. The summed E-state index contributed by atoms with van der Waals surface area (Å²) in [5.74, 6) is 0.298. The average molecular weight is 290 g/mol. The van der Waals surface area contributed by atoms with Crippen LogP contribution in [0.1, 0.15) is 13.8 Å². The Morgan fingerprint density at radius 1 is 1.53 bits per heavy atom. The first-order chi connectivity index (χ1) is 8.97. The van der Waals surface area contributed by atoms with Gasteiger partial charge in [0.2, 0.25) is 0 Å². The number of carboxylic acid groups (broad SMARTS) is 1. The van der Waals surface area contributed by atoms with Gasteiger partial charge in [0.25, 0.3) is 0 Å². The molecule has 0 saturated carbocycles. The van der Waals surface area contributed by atoms with E-state index in [-0.39, 0.29) is 6.03 Å². The Kier molecular flexibility index (Phi) is 6.44. The van der Waals surface area contributed by atoms with Crippen molar-refractivity contribution in [3.05, 3.63) is 0 Å². The van der Waals surface area contributed by atoms with E-state index in [1.807, 2.05) is 13.8 Å². The number of hydrogen-bond acceptors (Lipinski definition) is 4. The second kappa shape index (κ2) is 7.59. The molecule has 1 rings (SSSR count). The topological polar surface area (TPSA) is 70.1 Å².